The van der Waals surface area contributed by atoms with Crippen molar-refractivity contribution in [2.45, 2.75) is 132 Å². The summed E-state index contributed by atoms with van der Waals surface area (Å²) in [5.41, 5.74) is 17.3. The summed E-state index contributed by atoms with van der Waals surface area (Å²) in [5.74, 6) is 4.31. The smallest absolute Gasteiger partial charge is 0.293 e. The van der Waals surface area contributed by atoms with Crippen molar-refractivity contribution >= 4 is 121 Å². The Balaban J connectivity index is 0.000000128. The number of piperazine rings is 3. The van der Waals surface area contributed by atoms with Gasteiger partial charge in [-0.05, 0) is 258 Å². The van der Waals surface area contributed by atoms with Crippen molar-refractivity contribution in [2.75, 3.05) is 113 Å². The van der Waals surface area contributed by atoms with Gasteiger partial charge < -0.3 is 60.3 Å². The number of hydrogen-bond acceptors (Lipinski definition) is 21. The number of anilines is 9. The van der Waals surface area contributed by atoms with E-state index >= 15 is 0 Å². The van der Waals surface area contributed by atoms with E-state index in [1.54, 1.807) is 88.4 Å². The van der Waals surface area contributed by atoms with E-state index in [0.717, 1.165) is 101 Å². The monoisotopic (exact) mass is 1820 g/mol. The number of nitrogens with zero attached hydrogens (tertiary/aromatic N) is 12. The van der Waals surface area contributed by atoms with Gasteiger partial charge in [-0.2, -0.15) is 0 Å². The van der Waals surface area contributed by atoms with E-state index in [2.05, 4.69) is 64.8 Å². The van der Waals surface area contributed by atoms with Crippen molar-refractivity contribution in [3.63, 3.8) is 0 Å². The van der Waals surface area contributed by atoms with Crippen LogP contribution in [0.5, 0.6) is 0 Å². The number of fused-ring (bicyclic) bond motifs is 15. The summed E-state index contributed by atoms with van der Waals surface area (Å²) in [6.45, 7) is 10.4. The average Bonchev–Trinajstić information content (AvgIpc) is 1.61. The zero-order chi connectivity index (χ0) is 92.1. The van der Waals surface area contributed by atoms with Crippen LogP contribution >= 0.6 is 34.0 Å². The highest BCUT2D eigenvalue weighted by atomic mass is 32.1. The number of nitrogens with one attached hydrogen (secondary N) is 6. The van der Waals surface area contributed by atoms with E-state index in [-0.39, 0.29) is 87.7 Å². The molecule has 6 N–H and O–H groups in total. The lowest BCUT2D eigenvalue weighted by atomic mass is 9.99. The summed E-state index contributed by atoms with van der Waals surface area (Å²) in [4.78, 5) is 150. The van der Waals surface area contributed by atoms with Gasteiger partial charge in [-0.1, -0.05) is 72.8 Å². The summed E-state index contributed by atoms with van der Waals surface area (Å²) < 4.78 is 4.53. The minimum atomic E-state index is -0.330. The van der Waals surface area contributed by atoms with Gasteiger partial charge in [0.1, 0.15) is 18.1 Å². The third-order valence-electron chi connectivity index (χ3n) is 28.5. The molecule has 6 aromatic heterocycles. The maximum atomic E-state index is 13.3. The van der Waals surface area contributed by atoms with Gasteiger partial charge in [0.15, 0.2) is 17.5 Å². The normalized spacial score (nSPS) is 21.0. The van der Waals surface area contributed by atoms with Gasteiger partial charge in [0.25, 0.3) is 34.4 Å². The maximum absolute atomic E-state index is 13.3. The van der Waals surface area contributed by atoms with Crippen molar-refractivity contribution in [1.29, 1.82) is 0 Å². The third-order valence-corrected chi connectivity index (χ3v) is 32.5. The number of hydrogen-bond donors (Lipinski definition) is 6. The molecule has 6 bridgehead atoms. The maximum Gasteiger partial charge on any atom is 0.293 e. The molecule has 9 atom stereocenters. The first-order valence-electron chi connectivity index (χ1n) is 45.4. The highest BCUT2D eigenvalue weighted by Gasteiger charge is 2.43. The highest BCUT2D eigenvalue weighted by Crippen LogP contribution is 2.59. The molecule has 9 aliphatic rings. The average molecular weight is 1830 g/mol. The van der Waals surface area contributed by atoms with Crippen molar-refractivity contribution in [3.05, 3.63) is 275 Å². The molecule has 132 heavy (non-hydrogen) atoms. The van der Waals surface area contributed by atoms with Crippen LogP contribution in [-0.2, 0) is 35.5 Å². The topological polar surface area (TPSA) is 299 Å². The zero-order valence-corrected chi connectivity index (χ0v) is 78.6. The Morgan fingerprint density at radius 3 is 0.848 bits per heavy atom. The van der Waals surface area contributed by atoms with Crippen LogP contribution in [0.4, 0.5) is 51.6 Å². The Morgan fingerprint density at radius 2 is 0.591 bits per heavy atom. The van der Waals surface area contributed by atoms with Crippen LogP contribution in [0, 0.1) is 20.8 Å². The number of benzene rings is 6. The molecule has 6 amide bonds. The standard InChI is InChI=1S/3C34H36N6O3S/c3*1-19-24(6-5-7-26(19)37-32(41)28-17-25-21-8-9-22(16-21)30(25)44-28)27-18-40(4)34(43)31(36-27)35-23-12-10-20(11-13-23)29-33(42)39(3)15-14-38(29)2/h3*5-7,10-13,17-18,21-22,29H,8-9,14-16H2,1-4H3,(H,35,36)(H,37,41)/t2*21-,22+,29+;21-,22+,29-/m100/s1. The molecular formula is C102H108N18O9S3. The minimum Gasteiger partial charge on any atom is -0.343 e. The Bertz CT molecular complexity index is 6090. The summed E-state index contributed by atoms with van der Waals surface area (Å²) in [6.07, 6.45) is 16.3. The molecule has 6 aromatic carbocycles. The second-order valence-electron chi connectivity index (χ2n) is 37.1. The molecule has 6 fully saturated rings. The molecule has 678 valence electrons. The largest absolute Gasteiger partial charge is 0.343 e. The predicted molar refractivity (Wildman–Crippen MR) is 522 cm³/mol. The number of carbonyl (C=O) groups excluding carboxylic acids is 6. The van der Waals surface area contributed by atoms with Crippen LogP contribution in [0.2, 0.25) is 0 Å². The van der Waals surface area contributed by atoms with E-state index in [4.69, 9.17) is 15.0 Å². The van der Waals surface area contributed by atoms with Crippen molar-refractivity contribution in [2.24, 2.45) is 21.1 Å². The van der Waals surface area contributed by atoms with Gasteiger partial charge >= 0.3 is 0 Å². The first-order valence-corrected chi connectivity index (χ1v) is 47.8. The lowest BCUT2D eigenvalue weighted by molar-refractivity contribution is -0.140. The molecule has 3 aliphatic heterocycles. The number of likely N-dealkylation sites (N-methyl/N-ethyl adjacent to an activating group) is 6. The van der Waals surface area contributed by atoms with E-state index in [9.17, 15) is 43.2 Å². The second kappa shape index (κ2) is 36.0. The molecule has 9 heterocycles. The number of aryl methyl sites for hydroxylation is 3. The van der Waals surface area contributed by atoms with Crippen molar-refractivity contribution < 1.29 is 28.8 Å². The zero-order valence-electron chi connectivity index (χ0n) is 76.2. The molecular weight excluding hydrogens is 1720 g/mol. The van der Waals surface area contributed by atoms with Crippen LogP contribution in [0.1, 0.15) is 205 Å². The second-order valence-corrected chi connectivity index (χ2v) is 40.3. The van der Waals surface area contributed by atoms with Crippen molar-refractivity contribution in [3.8, 4) is 33.8 Å². The molecule has 12 aromatic rings. The highest BCUT2D eigenvalue weighted by molar-refractivity contribution is 7.15. The quantitative estimate of drug-likeness (QED) is 0.0465. The summed E-state index contributed by atoms with van der Waals surface area (Å²) in [6, 6.07) is 45.2. The number of carbonyl (C=O) groups is 6. The van der Waals surface area contributed by atoms with Gasteiger partial charge in [-0.15, -0.1) is 34.0 Å². The van der Waals surface area contributed by atoms with Crippen LogP contribution in [0.3, 0.4) is 0 Å². The van der Waals surface area contributed by atoms with Crippen LogP contribution in [0.25, 0.3) is 33.8 Å². The van der Waals surface area contributed by atoms with Gasteiger partial charge in [0.2, 0.25) is 17.7 Å². The first-order chi connectivity index (χ1) is 63.5. The van der Waals surface area contributed by atoms with E-state index in [1.165, 1.54) is 103 Å². The van der Waals surface area contributed by atoms with E-state index in [0.29, 0.717) is 89.3 Å². The third kappa shape index (κ3) is 17.0. The molecule has 3 saturated carbocycles. The molecule has 3 saturated heterocycles. The van der Waals surface area contributed by atoms with Crippen LogP contribution in [-0.4, -0.2) is 175 Å². The fourth-order valence-electron chi connectivity index (χ4n) is 20.8. The van der Waals surface area contributed by atoms with Crippen LogP contribution in [0.15, 0.2) is 179 Å². The molecule has 0 spiro atoms. The summed E-state index contributed by atoms with van der Waals surface area (Å²) in [7, 11) is 16.5. The van der Waals surface area contributed by atoms with Gasteiger partial charge in [-0.3, -0.25) is 57.9 Å². The first kappa shape index (κ1) is 88.4. The minimum absolute atomic E-state index is 0.0717. The molecule has 30 heteroatoms. The Kier molecular flexibility index (Phi) is 24.1. The van der Waals surface area contributed by atoms with Crippen LogP contribution < -0.4 is 48.6 Å². The Hall–Kier alpha value is -12.8. The summed E-state index contributed by atoms with van der Waals surface area (Å²) in [5, 5.41) is 18.9. The molecule has 21 rings (SSSR count). The summed E-state index contributed by atoms with van der Waals surface area (Å²) >= 11 is 4.93. The Morgan fingerprint density at radius 1 is 0.333 bits per heavy atom. The molecule has 0 radical (unpaired) electrons. The Labute approximate surface area is 778 Å². The lowest BCUT2D eigenvalue weighted by Crippen LogP contribution is -2.48. The number of thiophene rings is 3. The number of amides is 6. The fourth-order valence-corrected chi connectivity index (χ4v) is 24.7. The molecule has 27 nitrogen and oxygen atoms in total. The molecule has 6 aliphatic carbocycles. The van der Waals surface area contributed by atoms with E-state index in [1.807, 2.05) is 190 Å². The van der Waals surface area contributed by atoms with Gasteiger partial charge in [0, 0.05) is 166 Å². The number of aromatic nitrogens is 6. The lowest BCUT2D eigenvalue weighted by Gasteiger charge is -2.37. The predicted octanol–water partition coefficient (Wildman–Crippen LogP) is 16.9. The van der Waals surface area contributed by atoms with Gasteiger partial charge in [-0.25, -0.2) is 15.0 Å². The van der Waals surface area contributed by atoms with Gasteiger partial charge in [0.05, 0.1) is 31.7 Å². The van der Waals surface area contributed by atoms with Crippen molar-refractivity contribution in [1.82, 2.24) is 58.1 Å². The van der Waals surface area contributed by atoms with E-state index < -0.39 is 0 Å². The SMILES string of the molecule is Cc1c(NC(=O)c2cc3c(s2)[C@@H]2CC[C@H]3C2)cccc1-c1cn(C)c(=O)c(Nc2ccc([C@@H]3C(=O)N(C)CCN3C)cc2)n1.Cc1c(NC(=O)c2cc3c(s2)[C@@H]2CC[C@H]3C2)cccc1-c1cn(C)c(=O)c(Nc2ccc([C@H]3C(=O)N(C)CCN3C)cc2)n1.Cc1c(NC(=O)c2cc3c(s2)[C@H]2CC[C@@H]3C2)cccc1-c1cn(C)c(=O)c(Nc2ccc([C@H]3C(=O)N(C)CCN3C)cc2)n1. The number of rotatable bonds is 18. The fraction of sp³-hybridized carbons (Fsp3) is 0.353. The molecule has 0 unspecified atom stereocenters.